The van der Waals surface area contributed by atoms with Crippen LogP contribution in [0.5, 0.6) is 0 Å². The lowest BCUT2D eigenvalue weighted by molar-refractivity contribution is 0.532. The molecule has 0 aliphatic carbocycles. The molecule has 0 amide bonds. The molecule has 1 aromatic carbocycles. The van der Waals surface area contributed by atoms with Crippen LogP contribution in [0.2, 0.25) is 0 Å². The van der Waals surface area contributed by atoms with Gasteiger partial charge in [0.1, 0.15) is 0 Å². The number of nitrogens with zero attached hydrogens (tertiary/aromatic N) is 2. The van der Waals surface area contributed by atoms with Gasteiger partial charge in [0.25, 0.3) is 0 Å². The molecule has 2 aromatic rings. The molecule has 3 nitrogen and oxygen atoms in total. The SMILES string of the molecule is Cc1cnn(C(CN)c2ccccc2)c1. The summed E-state index contributed by atoms with van der Waals surface area (Å²) in [6.07, 6.45) is 3.87. The van der Waals surface area contributed by atoms with Gasteiger partial charge in [-0.2, -0.15) is 5.10 Å². The van der Waals surface area contributed by atoms with Crippen LogP contribution in [0.15, 0.2) is 42.7 Å². The first-order valence-corrected chi connectivity index (χ1v) is 5.07. The van der Waals surface area contributed by atoms with E-state index in [-0.39, 0.29) is 6.04 Å². The summed E-state index contributed by atoms with van der Waals surface area (Å²) in [6.45, 7) is 2.59. The third kappa shape index (κ3) is 2.07. The molecular formula is C12H15N3. The lowest BCUT2D eigenvalue weighted by atomic mass is 10.1. The van der Waals surface area contributed by atoms with Crippen molar-refractivity contribution in [1.29, 1.82) is 0 Å². The van der Waals surface area contributed by atoms with Crippen molar-refractivity contribution in [1.82, 2.24) is 9.78 Å². The Morgan fingerprint density at radius 2 is 2.07 bits per heavy atom. The van der Waals surface area contributed by atoms with Crippen molar-refractivity contribution in [3.8, 4) is 0 Å². The summed E-state index contributed by atoms with van der Waals surface area (Å²) in [5, 5.41) is 4.30. The van der Waals surface area contributed by atoms with Crippen molar-refractivity contribution in [2.24, 2.45) is 5.73 Å². The fourth-order valence-electron chi connectivity index (χ4n) is 1.68. The van der Waals surface area contributed by atoms with Gasteiger partial charge in [-0.3, -0.25) is 4.68 Å². The average Bonchev–Trinajstić information content (AvgIpc) is 2.68. The number of rotatable bonds is 3. The Bertz CT molecular complexity index is 419. The van der Waals surface area contributed by atoms with Crippen LogP contribution in [0, 0.1) is 6.92 Å². The topological polar surface area (TPSA) is 43.8 Å². The second-order valence-electron chi connectivity index (χ2n) is 3.66. The van der Waals surface area contributed by atoms with E-state index in [2.05, 4.69) is 17.2 Å². The largest absolute Gasteiger partial charge is 0.328 e. The van der Waals surface area contributed by atoms with Crippen molar-refractivity contribution in [2.75, 3.05) is 6.54 Å². The Morgan fingerprint density at radius 1 is 1.33 bits per heavy atom. The summed E-state index contributed by atoms with van der Waals surface area (Å²) in [6, 6.07) is 10.3. The first-order chi connectivity index (χ1) is 7.31. The highest BCUT2D eigenvalue weighted by Crippen LogP contribution is 2.16. The number of nitrogens with two attached hydrogens (primary N) is 1. The third-order valence-electron chi connectivity index (χ3n) is 2.46. The summed E-state index contributed by atoms with van der Waals surface area (Å²) in [4.78, 5) is 0. The van der Waals surface area contributed by atoms with Gasteiger partial charge in [0.15, 0.2) is 0 Å². The molecule has 0 radical (unpaired) electrons. The summed E-state index contributed by atoms with van der Waals surface area (Å²) in [5.41, 5.74) is 8.14. The molecule has 1 aromatic heterocycles. The standard InChI is InChI=1S/C12H15N3/c1-10-8-14-15(9-10)12(7-13)11-5-3-2-4-6-11/h2-6,8-9,12H,7,13H2,1H3. The molecule has 2 rings (SSSR count). The molecule has 0 spiro atoms. The predicted octanol–water partition coefficient (Wildman–Crippen LogP) is 1.74. The van der Waals surface area contributed by atoms with Crippen molar-refractivity contribution < 1.29 is 0 Å². The molecule has 0 aliphatic rings. The molecule has 0 bridgehead atoms. The van der Waals surface area contributed by atoms with Crippen molar-refractivity contribution >= 4 is 0 Å². The normalized spacial score (nSPS) is 12.7. The quantitative estimate of drug-likeness (QED) is 0.822. The highest BCUT2D eigenvalue weighted by atomic mass is 15.3. The van der Waals surface area contributed by atoms with E-state index in [0.29, 0.717) is 6.54 Å². The van der Waals surface area contributed by atoms with Gasteiger partial charge in [0.05, 0.1) is 12.2 Å². The lowest BCUT2D eigenvalue weighted by Crippen LogP contribution is -2.20. The van der Waals surface area contributed by atoms with E-state index in [4.69, 9.17) is 5.73 Å². The van der Waals surface area contributed by atoms with Crippen molar-refractivity contribution in [3.05, 3.63) is 53.9 Å². The van der Waals surface area contributed by atoms with Crippen molar-refractivity contribution in [2.45, 2.75) is 13.0 Å². The highest BCUT2D eigenvalue weighted by Gasteiger charge is 2.11. The van der Waals surface area contributed by atoms with Crippen LogP contribution in [0.4, 0.5) is 0 Å². The molecule has 2 N–H and O–H groups in total. The highest BCUT2D eigenvalue weighted by molar-refractivity contribution is 5.20. The second-order valence-corrected chi connectivity index (χ2v) is 3.66. The first kappa shape index (κ1) is 9.93. The van der Waals surface area contributed by atoms with Crippen molar-refractivity contribution in [3.63, 3.8) is 0 Å². The Balaban J connectivity index is 2.33. The molecule has 0 aliphatic heterocycles. The zero-order valence-corrected chi connectivity index (χ0v) is 8.80. The Morgan fingerprint density at radius 3 is 2.60 bits per heavy atom. The van der Waals surface area contributed by atoms with E-state index < -0.39 is 0 Å². The van der Waals surface area contributed by atoms with Gasteiger partial charge < -0.3 is 5.73 Å². The van der Waals surface area contributed by atoms with E-state index in [9.17, 15) is 0 Å². The number of aromatic nitrogens is 2. The molecule has 0 saturated carbocycles. The van der Waals surface area contributed by atoms with Gasteiger partial charge in [0, 0.05) is 12.7 Å². The van der Waals surface area contributed by atoms with E-state index in [1.807, 2.05) is 42.2 Å². The summed E-state index contributed by atoms with van der Waals surface area (Å²) < 4.78 is 1.92. The van der Waals surface area contributed by atoms with Gasteiger partial charge >= 0.3 is 0 Å². The minimum absolute atomic E-state index is 0.139. The second kappa shape index (κ2) is 4.28. The molecule has 15 heavy (non-hydrogen) atoms. The molecule has 3 heteroatoms. The van der Waals surface area contributed by atoms with Crippen LogP contribution in [-0.4, -0.2) is 16.3 Å². The monoisotopic (exact) mass is 201 g/mol. The molecule has 0 fully saturated rings. The maximum Gasteiger partial charge on any atom is 0.0890 e. The van der Waals surface area contributed by atoms with E-state index in [1.165, 1.54) is 5.56 Å². The fourth-order valence-corrected chi connectivity index (χ4v) is 1.68. The maximum absolute atomic E-state index is 5.79. The van der Waals surface area contributed by atoms with Crippen LogP contribution in [0.25, 0.3) is 0 Å². The van der Waals surface area contributed by atoms with E-state index in [1.54, 1.807) is 0 Å². The summed E-state index contributed by atoms with van der Waals surface area (Å²) in [7, 11) is 0. The Kier molecular flexibility index (Phi) is 2.83. The molecular weight excluding hydrogens is 186 g/mol. The minimum Gasteiger partial charge on any atom is -0.328 e. The molecule has 1 heterocycles. The fraction of sp³-hybridized carbons (Fsp3) is 0.250. The van der Waals surface area contributed by atoms with Crippen LogP contribution < -0.4 is 5.73 Å². The lowest BCUT2D eigenvalue weighted by Gasteiger charge is -2.15. The predicted molar refractivity (Wildman–Crippen MR) is 60.6 cm³/mol. The average molecular weight is 201 g/mol. The smallest absolute Gasteiger partial charge is 0.0890 e. The Labute approximate surface area is 89.5 Å². The van der Waals surface area contributed by atoms with Gasteiger partial charge in [-0.15, -0.1) is 0 Å². The number of benzene rings is 1. The molecule has 1 atom stereocenters. The van der Waals surface area contributed by atoms with Crippen LogP contribution in [-0.2, 0) is 0 Å². The maximum atomic E-state index is 5.79. The van der Waals surface area contributed by atoms with Gasteiger partial charge in [-0.1, -0.05) is 30.3 Å². The van der Waals surface area contributed by atoms with E-state index in [0.717, 1.165) is 5.56 Å². The summed E-state index contributed by atoms with van der Waals surface area (Å²) >= 11 is 0. The minimum atomic E-state index is 0.139. The Hall–Kier alpha value is -1.61. The number of hydrogen-bond acceptors (Lipinski definition) is 2. The first-order valence-electron chi connectivity index (χ1n) is 5.07. The van der Waals surface area contributed by atoms with Gasteiger partial charge in [0.2, 0.25) is 0 Å². The molecule has 0 saturated heterocycles. The molecule has 1 unspecified atom stereocenters. The zero-order chi connectivity index (χ0) is 10.7. The third-order valence-corrected chi connectivity index (χ3v) is 2.46. The number of hydrogen-bond donors (Lipinski definition) is 1. The van der Waals surface area contributed by atoms with Crippen LogP contribution in [0.1, 0.15) is 17.2 Å². The van der Waals surface area contributed by atoms with Gasteiger partial charge in [-0.05, 0) is 18.1 Å². The van der Waals surface area contributed by atoms with Gasteiger partial charge in [-0.25, -0.2) is 0 Å². The van der Waals surface area contributed by atoms with E-state index >= 15 is 0 Å². The zero-order valence-electron chi connectivity index (χ0n) is 8.80. The van der Waals surface area contributed by atoms with Crippen LogP contribution in [0.3, 0.4) is 0 Å². The van der Waals surface area contributed by atoms with Crippen LogP contribution >= 0.6 is 0 Å². The summed E-state index contributed by atoms with van der Waals surface area (Å²) in [5.74, 6) is 0. The number of aryl methyl sites for hydroxylation is 1. The molecule has 78 valence electrons.